The number of hydrogen-bond acceptors (Lipinski definition) is 2. The van der Waals surface area contributed by atoms with E-state index in [1.54, 1.807) is 0 Å². The predicted molar refractivity (Wildman–Crippen MR) is 76.1 cm³/mol. The van der Waals surface area contributed by atoms with E-state index in [9.17, 15) is 14.0 Å². The van der Waals surface area contributed by atoms with Gasteiger partial charge in [0, 0.05) is 4.47 Å². The quantitative estimate of drug-likeness (QED) is 0.790. The Hall–Kier alpha value is -2.01. The second kappa shape index (κ2) is 4.83. The summed E-state index contributed by atoms with van der Waals surface area (Å²) in [6, 6.07) is 11.3. The van der Waals surface area contributed by atoms with E-state index < -0.39 is 17.5 Å². The highest BCUT2D eigenvalue weighted by atomic mass is 79.9. The summed E-state index contributed by atoms with van der Waals surface area (Å²) >= 11 is 3.41. The first-order valence-corrected chi connectivity index (χ1v) is 6.76. The molecule has 2 aromatic rings. The van der Waals surface area contributed by atoms with Gasteiger partial charge in [0.25, 0.3) is 11.7 Å². The predicted octanol–water partition coefficient (Wildman–Crippen LogP) is 3.32. The van der Waals surface area contributed by atoms with Crippen LogP contribution in [-0.4, -0.2) is 11.7 Å². The van der Waals surface area contributed by atoms with Gasteiger partial charge in [-0.05, 0) is 29.8 Å². The van der Waals surface area contributed by atoms with Crippen LogP contribution >= 0.6 is 15.9 Å². The van der Waals surface area contributed by atoms with Crippen molar-refractivity contribution in [1.29, 1.82) is 0 Å². The molecule has 0 bridgehead atoms. The Morgan fingerprint density at radius 1 is 1.10 bits per heavy atom. The molecule has 3 nitrogen and oxygen atoms in total. The molecule has 0 fully saturated rings. The smallest absolute Gasteiger partial charge is 0.299 e. The van der Waals surface area contributed by atoms with Crippen LogP contribution in [0.3, 0.4) is 0 Å². The van der Waals surface area contributed by atoms with Crippen molar-refractivity contribution < 1.29 is 14.0 Å². The topological polar surface area (TPSA) is 37.4 Å². The van der Waals surface area contributed by atoms with Gasteiger partial charge in [0.1, 0.15) is 5.82 Å². The number of benzene rings is 2. The van der Waals surface area contributed by atoms with Gasteiger partial charge in [0.05, 0.1) is 17.8 Å². The van der Waals surface area contributed by atoms with Crippen LogP contribution in [0.1, 0.15) is 15.9 Å². The number of carbonyl (C=O) groups is 2. The van der Waals surface area contributed by atoms with Crippen molar-refractivity contribution in [2.75, 3.05) is 4.90 Å². The summed E-state index contributed by atoms with van der Waals surface area (Å²) in [5.74, 6) is -1.81. The minimum absolute atomic E-state index is 0.127. The maximum atomic E-state index is 13.2. The molecular formula is C15H9BrFNO2. The largest absolute Gasteiger partial charge is 0.300 e. The van der Waals surface area contributed by atoms with Crippen molar-refractivity contribution in [3.05, 3.63) is 63.9 Å². The lowest BCUT2D eigenvalue weighted by molar-refractivity contribution is -0.114. The third kappa shape index (κ3) is 2.04. The van der Waals surface area contributed by atoms with E-state index in [-0.39, 0.29) is 12.1 Å². The number of ketones is 1. The fraction of sp³-hybridized carbons (Fsp3) is 0.0667. The van der Waals surface area contributed by atoms with E-state index in [2.05, 4.69) is 15.9 Å². The van der Waals surface area contributed by atoms with E-state index >= 15 is 0 Å². The molecule has 2 aromatic carbocycles. The molecule has 0 saturated heterocycles. The van der Waals surface area contributed by atoms with Crippen LogP contribution < -0.4 is 4.90 Å². The Morgan fingerprint density at radius 2 is 1.85 bits per heavy atom. The molecule has 3 rings (SSSR count). The second-order valence-electron chi connectivity index (χ2n) is 4.47. The molecule has 1 amide bonds. The number of rotatable bonds is 2. The summed E-state index contributed by atoms with van der Waals surface area (Å²) in [6.07, 6.45) is 0. The van der Waals surface area contributed by atoms with E-state index in [0.29, 0.717) is 5.69 Å². The molecule has 0 radical (unpaired) electrons. The Bertz CT molecular complexity index is 730. The van der Waals surface area contributed by atoms with Gasteiger partial charge in [-0.2, -0.15) is 0 Å². The van der Waals surface area contributed by atoms with Crippen LogP contribution in [0.5, 0.6) is 0 Å². The van der Waals surface area contributed by atoms with E-state index in [4.69, 9.17) is 0 Å². The molecule has 0 atom stereocenters. The third-order valence-corrected chi connectivity index (χ3v) is 3.99. The maximum Gasteiger partial charge on any atom is 0.299 e. The van der Waals surface area contributed by atoms with Crippen LogP contribution in [0.15, 0.2) is 46.9 Å². The average Bonchev–Trinajstić information content (AvgIpc) is 2.66. The summed E-state index contributed by atoms with van der Waals surface area (Å²) in [5, 5.41) is 0. The summed E-state index contributed by atoms with van der Waals surface area (Å²) in [4.78, 5) is 25.3. The van der Waals surface area contributed by atoms with Gasteiger partial charge in [-0.25, -0.2) is 4.39 Å². The van der Waals surface area contributed by atoms with Gasteiger partial charge in [-0.3, -0.25) is 9.59 Å². The first kappa shape index (κ1) is 13.0. The minimum Gasteiger partial charge on any atom is -0.300 e. The molecule has 100 valence electrons. The molecule has 0 aliphatic carbocycles. The normalized spacial score (nSPS) is 13.8. The Kier molecular flexibility index (Phi) is 3.14. The van der Waals surface area contributed by atoms with Gasteiger partial charge in [-0.15, -0.1) is 0 Å². The van der Waals surface area contributed by atoms with Crippen molar-refractivity contribution in [2.45, 2.75) is 6.54 Å². The SMILES string of the molecule is O=C1C(=O)N(Cc2ccccc2Br)c2ccc(F)cc21. The van der Waals surface area contributed by atoms with Crippen molar-refractivity contribution in [1.82, 2.24) is 0 Å². The van der Waals surface area contributed by atoms with Crippen LogP contribution in [0.2, 0.25) is 0 Å². The number of hydrogen-bond donors (Lipinski definition) is 0. The maximum absolute atomic E-state index is 13.2. The summed E-state index contributed by atoms with van der Waals surface area (Å²) < 4.78 is 14.0. The second-order valence-corrected chi connectivity index (χ2v) is 5.33. The molecule has 0 N–H and O–H groups in total. The molecule has 5 heteroatoms. The number of nitrogens with zero attached hydrogens (tertiary/aromatic N) is 1. The third-order valence-electron chi connectivity index (χ3n) is 3.22. The Morgan fingerprint density at radius 3 is 2.60 bits per heavy atom. The van der Waals surface area contributed by atoms with Gasteiger partial charge >= 0.3 is 0 Å². The zero-order valence-corrected chi connectivity index (χ0v) is 11.9. The Balaban J connectivity index is 2.02. The van der Waals surface area contributed by atoms with Gasteiger partial charge in [0.2, 0.25) is 0 Å². The number of Topliss-reactive ketones (excluding diaryl/α,β-unsaturated/α-hetero) is 1. The van der Waals surface area contributed by atoms with Crippen LogP contribution in [-0.2, 0) is 11.3 Å². The zero-order valence-electron chi connectivity index (χ0n) is 10.3. The highest BCUT2D eigenvalue weighted by Gasteiger charge is 2.36. The molecule has 1 heterocycles. The molecule has 0 spiro atoms. The van der Waals surface area contributed by atoms with Gasteiger partial charge in [0.15, 0.2) is 0 Å². The molecule has 1 aliphatic rings. The standard InChI is InChI=1S/C15H9BrFNO2/c16-12-4-2-1-3-9(12)8-18-13-6-5-10(17)7-11(13)14(19)15(18)20/h1-7H,8H2. The molecular weight excluding hydrogens is 325 g/mol. The number of carbonyl (C=O) groups excluding carboxylic acids is 2. The highest BCUT2D eigenvalue weighted by Crippen LogP contribution is 2.31. The monoisotopic (exact) mass is 333 g/mol. The fourth-order valence-corrected chi connectivity index (χ4v) is 2.64. The van der Waals surface area contributed by atoms with Crippen LogP contribution in [0.4, 0.5) is 10.1 Å². The lowest BCUT2D eigenvalue weighted by Gasteiger charge is -2.17. The average molecular weight is 334 g/mol. The van der Waals surface area contributed by atoms with Crippen molar-refractivity contribution >= 4 is 33.3 Å². The van der Waals surface area contributed by atoms with Crippen LogP contribution in [0, 0.1) is 5.82 Å². The lowest BCUT2D eigenvalue weighted by atomic mass is 10.1. The van der Waals surface area contributed by atoms with E-state index in [0.717, 1.165) is 16.1 Å². The van der Waals surface area contributed by atoms with E-state index in [1.165, 1.54) is 17.0 Å². The fourth-order valence-electron chi connectivity index (χ4n) is 2.23. The van der Waals surface area contributed by atoms with Crippen molar-refractivity contribution in [2.24, 2.45) is 0 Å². The van der Waals surface area contributed by atoms with E-state index in [1.807, 2.05) is 24.3 Å². The molecule has 1 aliphatic heterocycles. The summed E-state index contributed by atoms with van der Waals surface area (Å²) in [7, 11) is 0. The van der Waals surface area contributed by atoms with Gasteiger partial charge in [-0.1, -0.05) is 34.1 Å². The van der Waals surface area contributed by atoms with Gasteiger partial charge < -0.3 is 4.90 Å². The lowest BCUT2D eigenvalue weighted by Crippen LogP contribution is -2.29. The number of amides is 1. The van der Waals surface area contributed by atoms with Crippen molar-refractivity contribution in [3.8, 4) is 0 Å². The highest BCUT2D eigenvalue weighted by molar-refractivity contribution is 9.10. The number of fused-ring (bicyclic) bond motifs is 1. The summed E-state index contributed by atoms with van der Waals surface area (Å²) in [6.45, 7) is 0.268. The van der Waals surface area contributed by atoms with Crippen LogP contribution in [0.25, 0.3) is 0 Å². The molecule has 0 aromatic heterocycles. The first-order chi connectivity index (χ1) is 9.58. The zero-order chi connectivity index (χ0) is 14.3. The minimum atomic E-state index is -0.661. The summed E-state index contributed by atoms with van der Waals surface area (Å²) in [5.41, 5.74) is 1.46. The number of anilines is 1. The first-order valence-electron chi connectivity index (χ1n) is 5.97. The number of halogens is 2. The van der Waals surface area contributed by atoms with Crippen molar-refractivity contribution in [3.63, 3.8) is 0 Å². The Labute approximate surface area is 123 Å². The molecule has 0 saturated carbocycles. The molecule has 20 heavy (non-hydrogen) atoms. The molecule has 0 unspecified atom stereocenters.